The van der Waals surface area contributed by atoms with E-state index in [0.29, 0.717) is 39.5 Å². The van der Waals surface area contributed by atoms with Crippen LogP contribution in [0.5, 0.6) is 5.75 Å². The smallest absolute Gasteiger partial charge is 0.328 e. The van der Waals surface area contributed by atoms with Gasteiger partial charge >= 0.3 is 6.03 Å². The SMILES string of the molecule is Cc1ccc(S(=O)(=O)NC(=O)NCCCOc2cc(C)ccc2-c2cc(=O)c3cccc(Cl)c3o2)cc1. The van der Waals surface area contributed by atoms with Crippen molar-refractivity contribution in [2.45, 2.75) is 25.2 Å². The topological polar surface area (TPSA) is 115 Å². The van der Waals surface area contributed by atoms with E-state index in [4.69, 9.17) is 20.8 Å². The first-order valence-electron chi connectivity index (χ1n) is 11.5. The first kappa shape index (κ1) is 26.2. The summed E-state index contributed by atoms with van der Waals surface area (Å²) >= 11 is 6.24. The number of fused-ring (bicyclic) bond motifs is 1. The molecular weight excluding hydrogens is 516 g/mol. The molecule has 2 N–H and O–H groups in total. The second-order valence-electron chi connectivity index (χ2n) is 8.47. The Balaban J connectivity index is 1.38. The summed E-state index contributed by atoms with van der Waals surface area (Å²) in [4.78, 5) is 24.7. The number of halogens is 1. The van der Waals surface area contributed by atoms with Gasteiger partial charge in [0.25, 0.3) is 10.0 Å². The minimum absolute atomic E-state index is 0.00480. The average molecular weight is 541 g/mol. The molecule has 4 rings (SSSR count). The van der Waals surface area contributed by atoms with Crippen molar-refractivity contribution < 1.29 is 22.4 Å². The minimum Gasteiger partial charge on any atom is -0.493 e. The number of hydrogen-bond donors (Lipinski definition) is 2. The number of carbonyl (C=O) groups excluding carboxylic acids is 1. The van der Waals surface area contributed by atoms with Crippen LogP contribution in [0.2, 0.25) is 5.02 Å². The number of ether oxygens (including phenoxy) is 1. The van der Waals surface area contributed by atoms with Gasteiger partial charge in [0.15, 0.2) is 11.0 Å². The van der Waals surface area contributed by atoms with Crippen molar-refractivity contribution >= 4 is 38.6 Å². The Hall–Kier alpha value is -3.82. The van der Waals surface area contributed by atoms with Gasteiger partial charge in [-0.3, -0.25) is 4.79 Å². The van der Waals surface area contributed by atoms with Gasteiger partial charge < -0.3 is 14.5 Å². The maximum absolute atomic E-state index is 12.6. The highest BCUT2D eigenvalue weighted by Crippen LogP contribution is 2.33. The summed E-state index contributed by atoms with van der Waals surface area (Å²) in [5.74, 6) is 0.820. The number of sulfonamides is 1. The van der Waals surface area contributed by atoms with Crippen LogP contribution in [0.4, 0.5) is 4.79 Å². The quantitative estimate of drug-likeness (QED) is 0.297. The fraction of sp³-hybridized carbons (Fsp3) is 0.185. The molecule has 0 aliphatic rings. The van der Waals surface area contributed by atoms with Crippen LogP contribution < -0.4 is 20.2 Å². The number of nitrogens with one attached hydrogen (secondary N) is 2. The maximum Gasteiger partial charge on any atom is 0.328 e. The molecule has 192 valence electrons. The standard InChI is InChI=1S/C27H25ClN2O6S/c1-17-7-10-19(11-8-17)37(33,34)30-27(32)29-13-4-14-35-24-15-18(2)9-12-21(24)25-16-23(31)20-5-3-6-22(28)26(20)36-25/h3,5-12,15-16H,4,13-14H2,1-2H3,(H2,29,30,32). The third-order valence-corrected chi connectivity index (χ3v) is 7.18. The fourth-order valence-electron chi connectivity index (χ4n) is 3.62. The maximum atomic E-state index is 12.6. The summed E-state index contributed by atoms with van der Waals surface area (Å²) < 4.78 is 38.5. The van der Waals surface area contributed by atoms with Crippen LogP contribution in [0.25, 0.3) is 22.3 Å². The third-order valence-electron chi connectivity index (χ3n) is 5.53. The Labute approximate surface area is 219 Å². The number of benzene rings is 3. The van der Waals surface area contributed by atoms with Gasteiger partial charge in [0.1, 0.15) is 11.5 Å². The fourth-order valence-corrected chi connectivity index (χ4v) is 4.76. The minimum atomic E-state index is -3.96. The molecule has 0 aliphatic carbocycles. The lowest BCUT2D eigenvalue weighted by molar-refractivity contribution is 0.244. The molecule has 8 nitrogen and oxygen atoms in total. The second kappa shape index (κ2) is 11.1. The first-order chi connectivity index (χ1) is 17.6. The summed E-state index contributed by atoms with van der Waals surface area (Å²) in [6.07, 6.45) is 0.402. The van der Waals surface area contributed by atoms with Crippen LogP contribution in [-0.2, 0) is 10.0 Å². The lowest BCUT2D eigenvalue weighted by atomic mass is 10.1. The van der Waals surface area contributed by atoms with Gasteiger partial charge in [-0.05, 0) is 62.2 Å². The molecule has 2 amide bonds. The molecule has 0 fully saturated rings. The third kappa shape index (κ3) is 6.31. The van der Waals surface area contributed by atoms with Gasteiger partial charge in [-0.15, -0.1) is 0 Å². The number of para-hydroxylation sites is 1. The number of amides is 2. The van der Waals surface area contributed by atoms with E-state index in [0.717, 1.165) is 11.1 Å². The summed E-state index contributed by atoms with van der Waals surface area (Å²) in [6.45, 7) is 4.15. The van der Waals surface area contributed by atoms with Crippen molar-refractivity contribution in [2.24, 2.45) is 0 Å². The number of aryl methyl sites for hydroxylation is 2. The molecule has 0 bridgehead atoms. The van der Waals surface area contributed by atoms with Gasteiger partial charge in [0, 0.05) is 12.6 Å². The molecule has 1 aromatic heterocycles. The highest BCUT2D eigenvalue weighted by Gasteiger charge is 2.17. The van der Waals surface area contributed by atoms with Crippen LogP contribution in [0.1, 0.15) is 17.5 Å². The summed E-state index contributed by atoms with van der Waals surface area (Å²) in [5, 5.41) is 3.24. The number of rotatable bonds is 8. The summed E-state index contributed by atoms with van der Waals surface area (Å²) in [7, 11) is -3.96. The Morgan fingerprint density at radius 3 is 2.49 bits per heavy atom. The molecule has 0 aliphatic heterocycles. The van der Waals surface area contributed by atoms with E-state index < -0.39 is 16.1 Å². The van der Waals surface area contributed by atoms with Crippen molar-refractivity contribution in [1.82, 2.24) is 10.0 Å². The van der Waals surface area contributed by atoms with E-state index in [1.165, 1.54) is 18.2 Å². The molecule has 0 atom stereocenters. The van der Waals surface area contributed by atoms with E-state index in [-0.39, 0.29) is 23.5 Å². The van der Waals surface area contributed by atoms with Gasteiger partial charge in [-0.1, -0.05) is 41.4 Å². The predicted molar refractivity (Wildman–Crippen MR) is 143 cm³/mol. The Morgan fingerprint density at radius 2 is 1.73 bits per heavy atom. The predicted octanol–water partition coefficient (Wildman–Crippen LogP) is 5.19. The zero-order valence-electron chi connectivity index (χ0n) is 20.2. The molecule has 0 unspecified atom stereocenters. The average Bonchev–Trinajstić information content (AvgIpc) is 2.84. The lowest BCUT2D eigenvalue weighted by Crippen LogP contribution is -2.40. The molecule has 0 radical (unpaired) electrons. The summed E-state index contributed by atoms with van der Waals surface area (Å²) in [5.41, 5.74) is 2.51. The van der Waals surface area contributed by atoms with Crippen LogP contribution in [-0.4, -0.2) is 27.6 Å². The highest BCUT2D eigenvalue weighted by atomic mass is 35.5. The molecule has 3 aromatic carbocycles. The van der Waals surface area contributed by atoms with Crippen molar-refractivity contribution in [2.75, 3.05) is 13.2 Å². The van der Waals surface area contributed by atoms with Crippen LogP contribution in [0, 0.1) is 13.8 Å². The van der Waals surface area contributed by atoms with E-state index in [9.17, 15) is 18.0 Å². The number of hydrogen-bond acceptors (Lipinski definition) is 6. The van der Waals surface area contributed by atoms with Crippen molar-refractivity contribution in [3.63, 3.8) is 0 Å². The molecule has 4 aromatic rings. The van der Waals surface area contributed by atoms with E-state index in [2.05, 4.69) is 5.32 Å². The molecule has 0 spiro atoms. The van der Waals surface area contributed by atoms with E-state index >= 15 is 0 Å². The van der Waals surface area contributed by atoms with Crippen molar-refractivity contribution in [3.05, 3.63) is 93.1 Å². The van der Waals surface area contributed by atoms with E-state index in [1.807, 2.05) is 30.7 Å². The Bertz CT molecular complexity index is 1610. The number of carbonyl (C=O) groups is 1. The molecular formula is C27H25ClN2O6S. The molecule has 10 heteroatoms. The molecule has 37 heavy (non-hydrogen) atoms. The lowest BCUT2D eigenvalue weighted by Gasteiger charge is -2.13. The summed E-state index contributed by atoms with van der Waals surface area (Å²) in [6, 6.07) is 17.2. The van der Waals surface area contributed by atoms with Gasteiger partial charge in [-0.2, -0.15) is 0 Å². The zero-order valence-corrected chi connectivity index (χ0v) is 21.8. The van der Waals surface area contributed by atoms with Gasteiger partial charge in [0.2, 0.25) is 0 Å². The monoisotopic (exact) mass is 540 g/mol. The van der Waals surface area contributed by atoms with E-state index in [1.54, 1.807) is 36.4 Å². The molecule has 0 saturated heterocycles. The van der Waals surface area contributed by atoms with Crippen molar-refractivity contribution in [3.8, 4) is 17.1 Å². The van der Waals surface area contributed by atoms with Crippen molar-refractivity contribution in [1.29, 1.82) is 0 Å². The normalized spacial score (nSPS) is 11.3. The van der Waals surface area contributed by atoms with Gasteiger partial charge in [-0.25, -0.2) is 17.9 Å². The first-order valence-corrected chi connectivity index (χ1v) is 13.3. The van der Waals surface area contributed by atoms with Crippen LogP contribution in [0.3, 0.4) is 0 Å². The second-order valence-corrected chi connectivity index (χ2v) is 10.6. The van der Waals surface area contributed by atoms with Gasteiger partial charge in [0.05, 0.1) is 27.5 Å². The molecule has 0 saturated carbocycles. The highest BCUT2D eigenvalue weighted by molar-refractivity contribution is 7.90. The molecule has 1 heterocycles. The number of urea groups is 1. The van der Waals surface area contributed by atoms with Crippen LogP contribution >= 0.6 is 11.6 Å². The Morgan fingerprint density at radius 1 is 1.00 bits per heavy atom. The Kier molecular flexibility index (Phi) is 7.85. The largest absolute Gasteiger partial charge is 0.493 e. The van der Waals surface area contributed by atoms with Crippen LogP contribution in [0.15, 0.2) is 80.8 Å². The zero-order chi connectivity index (χ0) is 26.6.